The standard InChI is InChI=1S/C21H40O3S/c1-3-5-7-8-9-10-11-12-13-15-18(22)17-19-20(21(23)24-19)25-16-14-6-4-2/h18-20,22H,3-17H2,1-2H3/t18-,19+,20+/m0/s1. The first-order chi connectivity index (χ1) is 12.2. The van der Waals surface area contributed by atoms with E-state index in [2.05, 4.69) is 13.8 Å². The lowest BCUT2D eigenvalue weighted by atomic mass is 9.99. The van der Waals surface area contributed by atoms with E-state index in [-0.39, 0.29) is 23.4 Å². The van der Waals surface area contributed by atoms with Crippen molar-refractivity contribution in [1.29, 1.82) is 0 Å². The molecular weight excluding hydrogens is 332 g/mol. The number of cyclic esters (lactones) is 1. The fourth-order valence-corrected chi connectivity index (χ4v) is 4.54. The van der Waals surface area contributed by atoms with Crippen LogP contribution in [0.25, 0.3) is 0 Å². The minimum Gasteiger partial charge on any atom is -0.460 e. The lowest BCUT2D eigenvalue weighted by Gasteiger charge is -2.35. The van der Waals surface area contributed by atoms with Crippen LogP contribution in [0.1, 0.15) is 104 Å². The highest BCUT2D eigenvalue weighted by molar-refractivity contribution is 8.00. The third-order valence-electron chi connectivity index (χ3n) is 5.03. The molecule has 0 aromatic heterocycles. The number of carbonyl (C=O) groups excluding carboxylic acids is 1. The van der Waals surface area contributed by atoms with E-state index in [1.165, 1.54) is 70.6 Å². The van der Waals surface area contributed by atoms with Gasteiger partial charge in [0.05, 0.1) is 6.10 Å². The van der Waals surface area contributed by atoms with Gasteiger partial charge in [-0.05, 0) is 18.6 Å². The smallest absolute Gasteiger partial charge is 0.323 e. The Bertz CT molecular complexity index is 335. The number of hydrogen-bond donors (Lipinski definition) is 1. The quantitative estimate of drug-likeness (QED) is 0.256. The summed E-state index contributed by atoms with van der Waals surface area (Å²) < 4.78 is 5.25. The Kier molecular flexibility index (Phi) is 13.6. The van der Waals surface area contributed by atoms with Gasteiger partial charge < -0.3 is 9.84 Å². The number of esters is 1. The number of hydrogen-bond acceptors (Lipinski definition) is 4. The van der Waals surface area contributed by atoms with Gasteiger partial charge in [-0.2, -0.15) is 0 Å². The van der Waals surface area contributed by atoms with Crippen LogP contribution in [-0.2, 0) is 9.53 Å². The average Bonchev–Trinajstić information content (AvgIpc) is 2.59. The van der Waals surface area contributed by atoms with Gasteiger partial charge in [0.1, 0.15) is 11.4 Å². The summed E-state index contributed by atoms with van der Waals surface area (Å²) in [5, 5.41) is 10.2. The maximum Gasteiger partial charge on any atom is 0.323 e. The monoisotopic (exact) mass is 372 g/mol. The number of ether oxygens (including phenoxy) is 1. The van der Waals surface area contributed by atoms with Gasteiger partial charge >= 0.3 is 5.97 Å². The largest absolute Gasteiger partial charge is 0.460 e. The van der Waals surface area contributed by atoms with Crippen LogP contribution in [0, 0.1) is 0 Å². The van der Waals surface area contributed by atoms with Crippen molar-refractivity contribution in [3.05, 3.63) is 0 Å². The Labute approximate surface area is 159 Å². The maximum atomic E-state index is 11.6. The van der Waals surface area contributed by atoms with Crippen LogP contribution < -0.4 is 0 Å². The molecule has 0 unspecified atom stereocenters. The first-order valence-corrected chi connectivity index (χ1v) is 11.7. The highest BCUT2D eigenvalue weighted by Gasteiger charge is 2.43. The zero-order chi connectivity index (χ0) is 18.3. The third-order valence-corrected chi connectivity index (χ3v) is 6.41. The summed E-state index contributed by atoms with van der Waals surface area (Å²) in [7, 11) is 0. The van der Waals surface area contributed by atoms with E-state index in [1.54, 1.807) is 11.8 Å². The second-order valence-electron chi connectivity index (χ2n) is 7.48. The van der Waals surface area contributed by atoms with Crippen molar-refractivity contribution in [3.8, 4) is 0 Å². The van der Waals surface area contributed by atoms with Gasteiger partial charge in [0.2, 0.25) is 0 Å². The number of unbranched alkanes of at least 4 members (excludes halogenated alkanes) is 10. The second kappa shape index (κ2) is 14.9. The van der Waals surface area contributed by atoms with Crippen LogP contribution in [0.4, 0.5) is 0 Å². The molecule has 0 radical (unpaired) electrons. The molecule has 0 saturated carbocycles. The molecule has 0 spiro atoms. The van der Waals surface area contributed by atoms with Gasteiger partial charge in [-0.15, -0.1) is 11.8 Å². The van der Waals surface area contributed by atoms with E-state index < -0.39 is 0 Å². The van der Waals surface area contributed by atoms with E-state index in [9.17, 15) is 9.90 Å². The molecule has 0 aliphatic carbocycles. The van der Waals surface area contributed by atoms with Gasteiger partial charge in [-0.3, -0.25) is 4.79 Å². The summed E-state index contributed by atoms with van der Waals surface area (Å²) in [5.74, 6) is 0.945. The van der Waals surface area contributed by atoms with Crippen LogP contribution in [-0.4, -0.2) is 34.3 Å². The summed E-state index contributed by atoms with van der Waals surface area (Å²) >= 11 is 1.72. The van der Waals surface area contributed by atoms with Crippen molar-refractivity contribution < 1.29 is 14.6 Å². The van der Waals surface area contributed by atoms with Crippen molar-refractivity contribution in [3.63, 3.8) is 0 Å². The predicted octanol–water partition coefficient (Wildman–Crippen LogP) is 5.88. The Morgan fingerprint density at radius 3 is 2.08 bits per heavy atom. The van der Waals surface area contributed by atoms with Gasteiger partial charge in [0.15, 0.2) is 0 Å². The number of carbonyl (C=O) groups is 1. The predicted molar refractivity (Wildman–Crippen MR) is 108 cm³/mol. The number of aliphatic hydroxyl groups is 1. The third kappa shape index (κ3) is 10.5. The van der Waals surface area contributed by atoms with Crippen LogP contribution >= 0.6 is 11.8 Å². The fourth-order valence-electron chi connectivity index (χ4n) is 3.34. The number of rotatable bonds is 17. The number of aliphatic hydroxyl groups excluding tert-OH is 1. The molecule has 1 fully saturated rings. The molecular formula is C21H40O3S. The van der Waals surface area contributed by atoms with Gasteiger partial charge in [-0.25, -0.2) is 0 Å². The van der Waals surface area contributed by atoms with Crippen molar-refractivity contribution in [2.75, 3.05) is 5.75 Å². The van der Waals surface area contributed by atoms with E-state index in [4.69, 9.17) is 4.74 Å². The summed E-state index contributed by atoms with van der Waals surface area (Å²) in [6.45, 7) is 4.44. The highest BCUT2D eigenvalue weighted by atomic mass is 32.2. The van der Waals surface area contributed by atoms with Crippen LogP contribution in [0.3, 0.4) is 0 Å². The summed E-state index contributed by atoms with van der Waals surface area (Å²) in [5.41, 5.74) is 0. The van der Waals surface area contributed by atoms with Gasteiger partial charge in [0, 0.05) is 6.42 Å². The second-order valence-corrected chi connectivity index (χ2v) is 8.73. The van der Waals surface area contributed by atoms with Crippen LogP contribution in [0.2, 0.25) is 0 Å². The molecule has 148 valence electrons. The molecule has 1 heterocycles. The number of thioether (sulfide) groups is 1. The maximum absolute atomic E-state index is 11.6. The molecule has 25 heavy (non-hydrogen) atoms. The molecule has 4 heteroatoms. The molecule has 1 N–H and O–H groups in total. The Hall–Kier alpha value is -0.220. The lowest BCUT2D eigenvalue weighted by Crippen LogP contribution is -2.49. The summed E-state index contributed by atoms with van der Waals surface area (Å²) in [6.07, 6.45) is 16.4. The highest BCUT2D eigenvalue weighted by Crippen LogP contribution is 2.32. The zero-order valence-electron chi connectivity index (χ0n) is 16.5. The summed E-state index contributed by atoms with van der Waals surface area (Å²) in [4.78, 5) is 11.6. The fraction of sp³-hybridized carbons (Fsp3) is 0.952. The van der Waals surface area contributed by atoms with Gasteiger partial charge in [0.25, 0.3) is 0 Å². The lowest BCUT2D eigenvalue weighted by molar-refractivity contribution is -0.169. The van der Waals surface area contributed by atoms with Gasteiger partial charge in [-0.1, -0.05) is 84.5 Å². The van der Waals surface area contributed by atoms with Crippen molar-refractivity contribution in [1.82, 2.24) is 0 Å². The molecule has 0 aromatic carbocycles. The molecule has 1 aliphatic rings. The molecule has 1 aliphatic heterocycles. The minimum absolute atomic E-state index is 0.0328. The Morgan fingerprint density at radius 1 is 0.920 bits per heavy atom. The molecule has 3 atom stereocenters. The Morgan fingerprint density at radius 2 is 1.48 bits per heavy atom. The normalized spacial score (nSPS) is 21.0. The SMILES string of the molecule is CCCCCCCCCCC[C@H](O)C[C@H]1OC(=O)[C@@H]1SCCCCC. The molecule has 3 nitrogen and oxygen atoms in total. The molecule has 1 saturated heterocycles. The van der Waals surface area contributed by atoms with Crippen molar-refractivity contribution in [2.45, 2.75) is 121 Å². The first-order valence-electron chi connectivity index (χ1n) is 10.7. The van der Waals surface area contributed by atoms with E-state index in [1.807, 2.05) is 0 Å². The van der Waals surface area contributed by atoms with E-state index in [0.717, 1.165) is 18.6 Å². The minimum atomic E-state index is -0.318. The van der Waals surface area contributed by atoms with E-state index >= 15 is 0 Å². The molecule has 0 aromatic rings. The molecule has 0 amide bonds. The van der Waals surface area contributed by atoms with Crippen molar-refractivity contribution in [2.24, 2.45) is 0 Å². The van der Waals surface area contributed by atoms with E-state index in [0.29, 0.717) is 6.42 Å². The topological polar surface area (TPSA) is 46.5 Å². The van der Waals surface area contributed by atoms with Crippen LogP contribution in [0.5, 0.6) is 0 Å². The molecule has 1 rings (SSSR count). The van der Waals surface area contributed by atoms with Crippen molar-refractivity contribution >= 4 is 17.7 Å². The molecule has 0 bridgehead atoms. The van der Waals surface area contributed by atoms with Crippen LogP contribution in [0.15, 0.2) is 0 Å². The average molecular weight is 373 g/mol. The summed E-state index contributed by atoms with van der Waals surface area (Å²) in [6, 6.07) is 0. The first kappa shape index (κ1) is 22.8. The zero-order valence-corrected chi connectivity index (χ0v) is 17.3. The Balaban J connectivity index is 1.98.